The SMILES string of the molecule is CC1(C)CCC(OC2CC3CCC2(C)C3(C)C)C1O. The molecule has 3 fully saturated rings. The first-order valence-corrected chi connectivity index (χ1v) is 8.02. The maximum atomic E-state index is 10.4. The molecule has 0 heterocycles. The third-order valence-electron chi connectivity index (χ3n) is 7.28. The molecule has 1 N–H and O–H groups in total. The Bertz CT molecular complexity index is 373. The van der Waals surface area contributed by atoms with E-state index in [4.69, 9.17) is 4.74 Å². The van der Waals surface area contributed by atoms with Crippen LogP contribution in [0, 0.1) is 22.2 Å². The third-order valence-corrected chi connectivity index (χ3v) is 7.28. The molecular weight excluding hydrogens is 236 g/mol. The molecule has 5 unspecified atom stereocenters. The minimum atomic E-state index is -0.293. The Kier molecular flexibility index (Phi) is 2.91. The zero-order valence-corrected chi connectivity index (χ0v) is 13.2. The van der Waals surface area contributed by atoms with Gasteiger partial charge < -0.3 is 9.84 Å². The van der Waals surface area contributed by atoms with Crippen molar-refractivity contribution in [2.45, 2.75) is 85.0 Å². The molecule has 0 spiro atoms. The van der Waals surface area contributed by atoms with Crippen LogP contribution in [0.5, 0.6) is 0 Å². The molecule has 2 nitrogen and oxygen atoms in total. The quantitative estimate of drug-likeness (QED) is 0.824. The van der Waals surface area contributed by atoms with Gasteiger partial charge in [0.05, 0.1) is 18.3 Å². The van der Waals surface area contributed by atoms with Crippen LogP contribution in [0.4, 0.5) is 0 Å². The topological polar surface area (TPSA) is 29.5 Å². The Labute approximate surface area is 117 Å². The summed E-state index contributed by atoms with van der Waals surface area (Å²) in [5.41, 5.74) is 0.736. The van der Waals surface area contributed by atoms with Crippen molar-refractivity contribution in [3.05, 3.63) is 0 Å². The molecule has 3 aliphatic carbocycles. The highest BCUT2D eigenvalue weighted by Crippen LogP contribution is 2.66. The fraction of sp³-hybridized carbons (Fsp3) is 1.00. The first kappa shape index (κ1) is 13.9. The van der Waals surface area contributed by atoms with Crippen molar-refractivity contribution < 1.29 is 9.84 Å². The van der Waals surface area contributed by atoms with Gasteiger partial charge in [0.1, 0.15) is 0 Å². The van der Waals surface area contributed by atoms with Crippen molar-refractivity contribution >= 4 is 0 Å². The fourth-order valence-electron chi connectivity index (χ4n) is 5.01. The smallest absolute Gasteiger partial charge is 0.0852 e. The van der Waals surface area contributed by atoms with Crippen molar-refractivity contribution in [1.29, 1.82) is 0 Å². The zero-order chi connectivity index (χ0) is 14.1. The van der Waals surface area contributed by atoms with E-state index < -0.39 is 0 Å². The van der Waals surface area contributed by atoms with Crippen LogP contribution in [0.3, 0.4) is 0 Å². The molecule has 0 amide bonds. The Morgan fingerprint density at radius 2 is 1.68 bits per heavy atom. The summed E-state index contributed by atoms with van der Waals surface area (Å²) in [6.07, 6.45) is 6.08. The third kappa shape index (κ3) is 1.75. The molecular formula is C17H30O2. The molecule has 110 valence electrons. The van der Waals surface area contributed by atoms with Gasteiger partial charge in [-0.15, -0.1) is 0 Å². The summed E-state index contributed by atoms with van der Waals surface area (Å²) in [5, 5.41) is 10.4. The van der Waals surface area contributed by atoms with Crippen molar-refractivity contribution in [2.24, 2.45) is 22.2 Å². The van der Waals surface area contributed by atoms with E-state index in [-0.39, 0.29) is 17.6 Å². The number of hydrogen-bond donors (Lipinski definition) is 1. The molecule has 2 heteroatoms. The zero-order valence-electron chi connectivity index (χ0n) is 13.2. The van der Waals surface area contributed by atoms with Crippen molar-refractivity contribution in [1.82, 2.24) is 0 Å². The summed E-state index contributed by atoms with van der Waals surface area (Å²) in [6, 6.07) is 0. The minimum absolute atomic E-state index is 0.0265. The molecule has 3 aliphatic rings. The van der Waals surface area contributed by atoms with Crippen LogP contribution in [0.15, 0.2) is 0 Å². The summed E-state index contributed by atoms with van der Waals surface area (Å²) in [4.78, 5) is 0. The van der Waals surface area contributed by atoms with Crippen LogP contribution >= 0.6 is 0 Å². The predicted octanol–water partition coefficient (Wildman–Crippen LogP) is 3.77. The lowest BCUT2D eigenvalue weighted by molar-refractivity contribution is -0.126. The number of aliphatic hydroxyl groups excluding tert-OH is 1. The second kappa shape index (κ2) is 3.98. The lowest BCUT2D eigenvalue weighted by atomic mass is 9.70. The van der Waals surface area contributed by atoms with E-state index in [1.54, 1.807) is 0 Å². The van der Waals surface area contributed by atoms with Crippen LogP contribution in [-0.4, -0.2) is 23.4 Å². The van der Waals surface area contributed by atoms with Crippen LogP contribution in [0.2, 0.25) is 0 Å². The normalized spacial score (nSPS) is 50.8. The van der Waals surface area contributed by atoms with E-state index in [2.05, 4.69) is 34.6 Å². The van der Waals surface area contributed by atoms with Gasteiger partial charge in [0, 0.05) is 0 Å². The van der Waals surface area contributed by atoms with Gasteiger partial charge in [-0.1, -0.05) is 34.6 Å². The molecule has 0 aromatic carbocycles. The molecule has 2 bridgehead atoms. The fourth-order valence-corrected chi connectivity index (χ4v) is 5.01. The number of hydrogen-bond acceptors (Lipinski definition) is 2. The van der Waals surface area contributed by atoms with Crippen LogP contribution < -0.4 is 0 Å². The lowest BCUT2D eigenvalue weighted by Crippen LogP contribution is -2.42. The van der Waals surface area contributed by atoms with Gasteiger partial charge in [-0.2, -0.15) is 0 Å². The Morgan fingerprint density at radius 1 is 1.00 bits per heavy atom. The van der Waals surface area contributed by atoms with Gasteiger partial charge in [-0.25, -0.2) is 0 Å². The Hall–Kier alpha value is -0.0800. The minimum Gasteiger partial charge on any atom is -0.390 e. The number of ether oxygens (including phenoxy) is 1. The van der Waals surface area contributed by atoms with Crippen LogP contribution in [0.1, 0.15) is 66.7 Å². The molecule has 0 radical (unpaired) electrons. The molecule has 0 aliphatic heterocycles. The molecule has 0 aromatic rings. The Balaban J connectivity index is 1.73. The van der Waals surface area contributed by atoms with Gasteiger partial charge in [0.15, 0.2) is 0 Å². The standard InChI is InChI=1S/C17H30O2/c1-15(2)8-7-12(14(15)18)19-13-10-11-6-9-17(13,5)16(11,3)4/h11-14,18H,6-10H2,1-5H3. The molecule has 3 rings (SSSR count). The van der Waals surface area contributed by atoms with E-state index in [1.807, 2.05) is 0 Å². The average Bonchev–Trinajstić information content (AvgIpc) is 2.77. The van der Waals surface area contributed by atoms with E-state index in [0.29, 0.717) is 16.9 Å². The van der Waals surface area contributed by atoms with Crippen LogP contribution in [0.25, 0.3) is 0 Å². The summed E-state index contributed by atoms with van der Waals surface area (Å²) in [7, 11) is 0. The summed E-state index contributed by atoms with van der Waals surface area (Å²) in [6.45, 7) is 11.6. The van der Waals surface area contributed by atoms with Gasteiger partial charge in [0.2, 0.25) is 0 Å². The highest BCUT2D eigenvalue weighted by molar-refractivity contribution is 5.11. The summed E-state index contributed by atoms with van der Waals surface area (Å²) in [5.74, 6) is 0.814. The lowest BCUT2D eigenvalue weighted by Gasteiger charge is -2.40. The number of rotatable bonds is 2. The van der Waals surface area contributed by atoms with Gasteiger partial charge in [0.25, 0.3) is 0 Å². The first-order chi connectivity index (χ1) is 8.68. The summed E-state index contributed by atoms with van der Waals surface area (Å²) < 4.78 is 6.44. The van der Waals surface area contributed by atoms with Crippen molar-refractivity contribution in [2.75, 3.05) is 0 Å². The van der Waals surface area contributed by atoms with Gasteiger partial charge in [-0.3, -0.25) is 0 Å². The van der Waals surface area contributed by atoms with Gasteiger partial charge >= 0.3 is 0 Å². The molecule has 19 heavy (non-hydrogen) atoms. The second-order valence-electron chi connectivity index (χ2n) is 8.75. The highest BCUT2D eigenvalue weighted by atomic mass is 16.5. The maximum absolute atomic E-state index is 10.4. The highest BCUT2D eigenvalue weighted by Gasteiger charge is 2.62. The summed E-state index contributed by atoms with van der Waals surface area (Å²) >= 11 is 0. The van der Waals surface area contributed by atoms with Gasteiger partial charge in [-0.05, 0) is 54.3 Å². The van der Waals surface area contributed by atoms with Crippen molar-refractivity contribution in [3.8, 4) is 0 Å². The average molecular weight is 266 g/mol. The Morgan fingerprint density at radius 3 is 2.11 bits per heavy atom. The number of aliphatic hydroxyl groups is 1. The first-order valence-electron chi connectivity index (χ1n) is 8.02. The van der Waals surface area contributed by atoms with E-state index >= 15 is 0 Å². The van der Waals surface area contributed by atoms with E-state index in [1.165, 1.54) is 19.3 Å². The van der Waals surface area contributed by atoms with Crippen molar-refractivity contribution in [3.63, 3.8) is 0 Å². The molecule has 3 saturated carbocycles. The molecule has 0 saturated heterocycles. The van der Waals surface area contributed by atoms with E-state index in [9.17, 15) is 5.11 Å². The number of fused-ring (bicyclic) bond motifs is 2. The largest absolute Gasteiger partial charge is 0.390 e. The predicted molar refractivity (Wildman–Crippen MR) is 76.9 cm³/mol. The van der Waals surface area contributed by atoms with E-state index in [0.717, 1.165) is 18.8 Å². The molecule has 5 atom stereocenters. The second-order valence-corrected chi connectivity index (χ2v) is 8.75. The van der Waals surface area contributed by atoms with Crippen LogP contribution in [-0.2, 0) is 4.74 Å². The monoisotopic (exact) mass is 266 g/mol. The molecule has 0 aromatic heterocycles. The maximum Gasteiger partial charge on any atom is 0.0852 e.